The standard InChI is InChI=1S/C17H16O5S/c1-21-14-8-11-9-16(17(18)13(11)10-15(14)22-2)23(19,20)12-6-4-3-5-7-12/h3-8,10,16H,9H2,1-2H3. The fraction of sp³-hybridized carbons (Fsp3) is 0.235. The molecule has 0 fully saturated rings. The summed E-state index contributed by atoms with van der Waals surface area (Å²) in [5.41, 5.74) is 1.05. The molecular formula is C17H16O5S. The summed E-state index contributed by atoms with van der Waals surface area (Å²) in [6.45, 7) is 0. The predicted molar refractivity (Wildman–Crippen MR) is 85.0 cm³/mol. The first kappa shape index (κ1) is 15.6. The molecule has 3 rings (SSSR count). The van der Waals surface area contributed by atoms with Gasteiger partial charge in [-0.1, -0.05) is 18.2 Å². The second-order valence-electron chi connectivity index (χ2n) is 5.28. The van der Waals surface area contributed by atoms with E-state index in [1.165, 1.54) is 26.4 Å². The Morgan fingerprint density at radius 3 is 2.22 bits per heavy atom. The molecule has 0 aliphatic heterocycles. The number of carbonyl (C=O) groups is 1. The van der Waals surface area contributed by atoms with Crippen LogP contribution < -0.4 is 9.47 Å². The van der Waals surface area contributed by atoms with Gasteiger partial charge in [-0.25, -0.2) is 8.42 Å². The molecule has 0 radical (unpaired) electrons. The number of methoxy groups -OCH3 is 2. The minimum atomic E-state index is -3.73. The summed E-state index contributed by atoms with van der Waals surface area (Å²) in [5.74, 6) is 0.499. The van der Waals surface area contributed by atoms with E-state index in [1.807, 2.05) is 0 Å². The van der Waals surface area contributed by atoms with Crippen LogP contribution >= 0.6 is 0 Å². The number of sulfone groups is 1. The first-order valence-corrected chi connectivity index (χ1v) is 8.61. The number of hydrogen-bond acceptors (Lipinski definition) is 5. The maximum Gasteiger partial charge on any atom is 0.189 e. The van der Waals surface area contributed by atoms with E-state index in [1.54, 1.807) is 30.3 Å². The molecule has 0 saturated heterocycles. The Morgan fingerprint density at radius 2 is 1.61 bits per heavy atom. The lowest BCUT2D eigenvalue weighted by Gasteiger charge is -2.09. The summed E-state index contributed by atoms with van der Waals surface area (Å²) in [4.78, 5) is 12.8. The molecule has 1 atom stereocenters. The van der Waals surface area contributed by atoms with Gasteiger partial charge in [-0.2, -0.15) is 0 Å². The normalized spacial score (nSPS) is 17.0. The number of ketones is 1. The van der Waals surface area contributed by atoms with Gasteiger partial charge in [0.15, 0.2) is 27.1 Å². The van der Waals surface area contributed by atoms with Crippen LogP contribution in [-0.4, -0.2) is 33.7 Å². The molecule has 0 heterocycles. The van der Waals surface area contributed by atoms with E-state index in [9.17, 15) is 13.2 Å². The number of fused-ring (bicyclic) bond motifs is 1. The third-order valence-corrected chi connectivity index (χ3v) is 6.08. The van der Waals surface area contributed by atoms with Crippen LogP contribution in [-0.2, 0) is 16.3 Å². The maximum absolute atomic E-state index is 12.7. The van der Waals surface area contributed by atoms with Gasteiger partial charge >= 0.3 is 0 Å². The van der Waals surface area contributed by atoms with Crippen LogP contribution in [0.4, 0.5) is 0 Å². The molecule has 0 bridgehead atoms. The summed E-state index contributed by atoms with van der Waals surface area (Å²) in [5, 5.41) is -1.10. The van der Waals surface area contributed by atoms with Crippen molar-refractivity contribution in [1.82, 2.24) is 0 Å². The molecule has 120 valence electrons. The number of rotatable bonds is 4. The van der Waals surface area contributed by atoms with Crippen molar-refractivity contribution in [1.29, 1.82) is 0 Å². The van der Waals surface area contributed by atoms with E-state index in [2.05, 4.69) is 0 Å². The van der Waals surface area contributed by atoms with Crippen LogP contribution in [0.15, 0.2) is 47.4 Å². The third-order valence-electron chi connectivity index (χ3n) is 4.02. The fourth-order valence-corrected chi connectivity index (χ4v) is 4.48. The molecule has 5 nitrogen and oxygen atoms in total. The van der Waals surface area contributed by atoms with E-state index >= 15 is 0 Å². The lowest BCUT2D eigenvalue weighted by atomic mass is 10.1. The van der Waals surface area contributed by atoms with Gasteiger partial charge in [0.2, 0.25) is 0 Å². The monoisotopic (exact) mass is 332 g/mol. The highest BCUT2D eigenvalue weighted by Crippen LogP contribution is 2.37. The lowest BCUT2D eigenvalue weighted by molar-refractivity contribution is 0.0997. The topological polar surface area (TPSA) is 69.7 Å². The summed E-state index contributed by atoms with van der Waals surface area (Å²) in [6.07, 6.45) is 0.145. The molecule has 2 aromatic carbocycles. The van der Waals surface area contributed by atoms with Crippen LogP contribution in [0.3, 0.4) is 0 Å². The van der Waals surface area contributed by atoms with Crippen molar-refractivity contribution in [2.24, 2.45) is 0 Å². The van der Waals surface area contributed by atoms with Crippen LogP contribution in [0.1, 0.15) is 15.9 Å². The van der Waals surface area contributed by atoms with Gasteiger partial charge in [0, 0.05) is 5.56 Å². The van der Waals surface area contributed by atoms with Gasteiger partial charge in [-0.3, -0.25) is 4.79 Å². The molecule has 1 unspecified atom stereocenters. The van der Waals surface area contributed by atoms with Gasteiger partial charge < -0.3 is 9.47 Å². The van der Waals surface area contributed by atoms with Gasteiger partial charge in [0.25, 0.3) is 0 Å². The van der Waals surface area contributed by atoms with E-state index in [-0.39, 0.29) is 11.3 Å². The van der Waals surface area contributed by atoms with Crippen molar-refractivity contribution in [3.8, 4) is 11.5 Å². The Bertz CT molecular complexity index is 856. The first-order valence-electron chi connectivity index (χ1n) is 7.07. The largest absolute Gasteiger partial charge is 0.493 e. The number of carbonyl (C=O) groups excluding carboxylic acids is 1. The van der Waals surface area contributed by atoms with E-state index in [4.69, 9.17) is 9.47 Å². The Labute approximate surface area is 134 Å². The lowest BCUT2D eigenvalue weighted by Crippen LogP contribution is -2.27. The first-order chi connectivity index (χ1) is 11.0. The molecule has 1 aliphatic carbocycles. The SMILES string of the molecule is COc1cc2c(cc1OC)C(=O)C(S(=O)(=O)c1ccccc1)C2. The Morgan fingerprint density at radius 1 is 1.00 bits per heavy atom. The second-order valence-corrected chi connectivity index (χ2v) is 7.41. The highest BCUT2D eigenvalue weighted by molar-refractivity contribution is 7.92. The van der Waals surface area contributed by atoms with Crippen LogP contribution in [0, 0.1) is 0 Å². The summed E-state index contributed by atoms with van der Waals surface area (Å²) in [7, 11) is -0.753. The molecule has 0 amide bonds. The van der Waals surface area contributed by atoms with Crippen molar-refractivity contribution in [3.05, 3.63) is 53.6 Å². The molecule has 0 N–H and O–H groups in total. The van der Waals surface area contributed by atoms with E-state index in [0.29, 0.717) is 22.6 Å². The zero-order valence-corrected chi connectivity index (χ0v) is 13.6. The number of ether oxygens (including phenoxy) is 2. The maximum atomic E-state index is 12.7. The van der Waals surface area contributed by atoms with Crippen LogP contribution in [0.2, 0.25) is 0 Å². The molecule has 2 aromatic rings. The molecule has 23 heavy (non-hydrogen) atoms. The van der Waals surface area contributed by atoms with Crippen molar-refractivity contribution < 1.29 is 22.7 Å². The minimum Gasteiger partial charge on any atom is -0.493 e. The smallest absolute Gasteiger partial charge is 0.189 e. The van der Waals surface area contributed by atoms with Crippen LogP contribution in [0.5, 0.6) is 11.5 Å². The average Bonchev–Trinajstić information content (AvgIpc) is 2.91. The van der Waals surface area contributed by atoms with Gasteiger partial charge in [0.1, 0.15) is 5.25 Å². The fourth-order valence-electron chi connectivity index (χ4n) is 2.81. The van der Waals surface area contributed by atoms with E-state index in [0.717, 1.165) is 0 Å². The Balaban J connectivity index is 2.04. The van der Waals surface area contributed by atoms with Gasteiger partial charge in [-0.15, -0.1) is 0 Å². The summed E-state index contributed by atoms with van der Waals surface area (Å²) < 4.78 is 35.9. The summed E-state index contributed by atoms with van der Waals surface area (Å²) in [6, 6.07) is 11.3. The third kappa shape index (κ3) is 2.49. The predicted octanol–water partition coefficient (Wildman–Crippen LogP) is 2.29. The average molecular weight is 332 g/mol. The molecule has 0 spiro atoms. The van der Waals surface area contributed by atoms with Crippen molar-refractivity contribution in [2.45, 2.75) is 16.6 Å². The Kier molecular flexibility index (Phi) is 3.85. The molecule has 0 saturated carbocycles. The highest BCUT2D eigenvalue weighted by atomic mass is 32.2. The van der Waals surface area contributed by atoms with E-state index < -0.39 is 20.9 Å². The van der Waals surface area contributed by atoms with Gasteiger partial charge in [0.05, 0.1) is 19.1 Å². The van der Waals surface area contributed by atoms with Crippen molar-refractivity contribution >= 4 is 15.6 Å². The highest BCUT2D eigenvalue weighted by Gasteiger charge is 2.41. The molecule has 1 aliphatic rings. The second kappa shape index (κ2) is 5.70. The van der Waals surface area contributed by atoms with Gasteiger partial charge in [-0.05, 0) is 36.2 Å². The Hall–Kier alpha value is -2.34. The van der Waals surface area contributed by atoms with Crippen molar-refractivity contribution in [3.63, 3.8) is 0 Å². The zero-order valence-electron chi connectivity index (χ0n) is 12.8. The summed E-state index contributed by atoms with van der Waals surface area (Å²) >= 11 is 0. The molecule has 0 aromatic heterocycles. The number of benzene rings is 2. The van der Waals surface area contributed by atoms with Crippen LogP contribution in [0.25, 0.3) is 0 Å². The van der Waals surface area contributed by atoms with Crippen molar-refractivity contribution in [2.75, 3.05) is 14.2 Å². The quantitative estimate of drug-likeness (QED) is 0.859. The minimum absolute atomic E-state index is 0.145. The number of Topliss-reactive ketones (excluding diaryl/α,β-unsaturated/α-hetero) is 1. The molecular weight excluding hydrogens is 316 g/mol. The number of hydrogen-bond donors (Lipinski definition) is 0. The zero-order chi connectivity index (χ0) is 16.6. The molecule has 6 heteroatoms.